The maximum absolute atomic E-state index is 12.2. The highest BCUT2D eigenvalue weighted by Crippen LogP contribution is 2.24. The fourth-order valence-corrected chi connectivity index (χ4v) is 2.47. The SMILES string of the molecule is Cc1cc(Br)ccc1NC(=O)c1cccc(C)c1Cl. The Balaban J connectivity index is 2.28. The molecule has 19 heavy (non-hydrogen) atoms. The normalized spacial score (nSPS) is 10.3. The van der Waals surface area contributed by atoms with E-state index in [1.165, 1.54) is 0 Å². The van der Waals surface area contributed by atoms with Crippen LogP contribution in [0.15, 0.2) is 40.9 Å². The van der Waals surface area contributed by atoms with E-state index in [-0.39, 0.29) is 5.91 Å². The van der Waals surface area contributed by atoms with Crippen molar-refractivity contribution in [2.24, 2.45) is 0 Å². The molecule has 0 saturated heterocycles. The largest absolute Gasteiger partial charge is 0.322 e. The maximum Gasteiger partial charge on any atom is 0.257 e. The predicted molar refractivity (Wildman–Crippen MR) is 83.0 cm³/mol. The van der Waals surface area contributed by atoms with E-state index >= 15 is 0 Å². The average Bonchev–Trinajstić information content (AvgIpc) is 2.36. The first kappa shape index (κ1) is 14.1. The summed E-state index contributed by atoms with van der Waals surface area (Å²) in [5.41, 5.74) is 3.16. The van der Waals surface area contributed by atoms with E-state index in [1.54, 1.807) is 6.07 Å². The van der Waals surface area contributed by atoms with Crippen LogP contribution in [0.25, 0.3) is 0 Å². The van der Waals surface area contributed by atoms with Gasteiger partial charge in [0.05, 0.1) is 10.6 Å². The van der Waals surface area contributed by atoms with Gasteiger partial charge in [-0.25, -0.2) is 0 Å². The van der Waals surface area contributed by atoms with E-state index in [1.807, 2.05) is 44.2 Å². The summed E-state index contributed by atoms with van der Waals surface area (Å²) >= 11 is 9.55. The third-order valence-corrected chi connectivity index (χ3v) is 3.87. The monoisotopic (exact) mass is 337 g/mol. The molecule has 1 amide bonds. The second kappa shape index (κ2) is 5.76. The number of nitrogens with one attached hydrogen (secondary N) is 1. The van der Waals surface area contributed by atoms with Gasteiger partial charge in [0.25, 0.3) is 5.91 Å². The zero-order valence-electron chi connectivity index (χ0n) is 10.6. The Labute approximate surface area is 125 Å². The van der Waals surface area contributed by atoms with E-state index in [4.69, 9.17) is 11.6 Å². The Morgan fingerprint density at radius 1 is 1.16 bits per heavy atom. The van der Waals surface area contributed by atoms with Crippen LogP contribution in [-0.4, -0.2) is 5.91 Å². The molecular weight excluding hydrogens is 326 g/mol. The van der Waals surface area contributed by atoms with E-state index in [0.29, 0.717) is 10.6 Å². The third-order valence-electron chi connectivity index (χ3n) is 2.87. The maximum atomic E-state index is 12.2. The summed E-state index contributed by atoms with van der Waals surface area (Å²) in [7, 11) is 0. The standard InChI is InChI=1S/C15H13BrClNO/c1-9-4-3-5-12(14(9)17)15(19)18-13-7-6-11(16)8-10(13)2/h3-8H,1-2H3,(H,18,19). The van der Waals surface area contributed by atoms with E-state index < -0.39 is 0 Å². The molecule has 0 aliphatic carbocycles. The lowest BCUT2D eigenvalue weighted by Crippen LogP contribution is -2.13. The summed E-state index contributed by atoms with van der Waals surface area (Å²) in [6.07, 6.45) is 0. The van der Waals surface area contributed by atoms with Crippen LogP contribution >= 0.6 is 27.5 Å². The minimum Gasteiger partial charge on any atom is -0.322 e. The van der Waals surface area contributed by atoms with Crippen molar-refractivity contribution >= 4 is 39.1 Å². The minimum absolute atomic E-state index is 0.195. The molecule has 2 nitrogen and oxygen atoms in total. The Bertz CT molecular complexity index is 640. The lowest BCUT2D eigenvalue weighted by molar-refractivity contribution is 0.102. The number of hydrogen-bond acceptors (Lipinski definition) is 1. The average molecular weight is 339 g/mol. The molecule has 0 saturated carbocycles. The second-order valence-electron chi connectivity index (χ2n) is 4.35. The first-order valence-electron chi connectivity index (χ1n) is 5.81. The molecule has 0 spiro atoms. The molecule has 98 valence electrons. The van der Waals surface area contributed by atoms with Crippen molar-refractivity contribution in [3.05, 3.63) is 62.6 Å². The first-order valence-corrected chi connectivity index (χ1v) is 6.99. The summed E-state index contributed by atoms with van der Waals surface area (Å²) in [5, 5.41) is 3.37. The molecule has 1 N–H and O–H groups in total. The fourth-order valence-electron chi connectivity index (χ4n) is 1.78. The van der Waals surface area contributed by atoms with Crippen LogP contribution in [0.2, 0.25) is 5.02 Å². The van der Waals surface area contributed by atoms with Crippen molar-refractivity contribution in [3.63, 3.8) is 0 Å². The molecule has 0 aromatic heterocycles. The highest BCUT2D eigenvalue weighted by molar-refractivity contribution is 9.10. The summed E-state index contributed by atoms with van der Waals surface area (Å²) < 4.78 is 0.983. The molecule has 2 aromatic carbocycles. The number of benzene rings is 2. The first-order chi connectivity index (χ1) is 8.99. The molecule has 0 fully saturated rings. The lowest BCUT2D eigenvalue weighted by Gasteiger charge is -2.10. The van der Waals surface area contributed by atoms with Gasteiger partial charge in [-0.3, -0.25) is 4.79 Å². The van der Waals surface area contributed by atoms with Crippen molar-refractivity contribution in [1.29, 1.82) is 0 Å². The van der Waals surface area contributed by atoms with Gasteiger partial charge in [-0.1, -0.05) is 39.7 Å². The minimum atomic E-state index is -0.195. The number of amides is 1. The van der Waals surface area contributed by atoms with Gasteiger partial charge in [-0.2, -0.15) is 0 Å². The molecule has 0 atom stereocenters. The Morgan fingerprint density at radius 3 is 2.58 bits per heavy atom. The summed E-state index contributed by atoms with van der Waals surface area (Å²) in [6, 6.07) is 11.1. The van der Waals surface area contributed by atoms with Gasteiger partial charge in [-0.15, -0.1) is 0 Å². The molecule has 0 radical (unpaired) electrons. The Hall–Kier alpha value is -1.32. The summed E-state index contributed by atoms with van der Waals surface area (Å²) in [5.74, 6) is -0.195. The summed E-state index contributed by atoms with van der Waals surface area (Å²) in [4.78, 5) is 12.2. The molecule has 0 aliphatic rings. The number of hydrogen-bond donors (Lipinski definition) is 1. The van der Waals surface area contributed by atoms with Crippen LogP contribution < -0.4 is 5.32 Å². The van der Waals surface area contributed by atoms with Crippen molar-refractivity contribution in [2.75, 3.05) is 5.32 Å². The van der Waals surface area contributed by atoms with Crippen molar-refractivity contribution in [3.8, 4) is 0 Å². The van der Waals surface area contributed by atoms with E-state index in [2.05, 4.69) is 21.2 Å². The zero-order valence-corrected chi connectivity index (χ0v) is 13.0. The predicted octanol–water partition coefficient (Wildman–Crippen LogP) is 4.97. The molecule has 0 aliphatic heterocycles. The fraction of sp³-hybridized carbons (Fsp3) is 0.133. The molecule has 4 heteroatoms. The molecule has 0 heterocycles. The highest BCUT2D eigenvalue weighted by atomic mass is 79.9. The number of carbonyl (C=O) groups excluding carboxylic acids is 1. The zero-order chi connectivity index (χ0) is 14.0. The van der Waals surface area contributed by atoms with Crippen LogP contribution in [0.4, 0.5) is 5.69 Å². The van der Waals surface area contributed by atoms with Gasteiger partial charge in [0.2, 0.25) is 0 Å². The highest BCUT2D eigenvalue weighted by Gasteiger charge is 2.12. The number of aryl methyl sites for hydroxylation is 2. The van der Waals surface area contributed by atoms with Crippen LogP contribution in [-0.2, 0) is 0 Å². The number of rotatable bonds is 2. The molecule has 0 unspecified atom stereocenters. The molecule has 2 rings (SSSR count). The second-order valence-corrected chi connectivity index (χ2v) is 5.64. The van der Waals surface area contributed by atoms with Gasteiger partial charge < -0.3 is 5.32 Å². The van der Waals surface area contributed by atoms with Gasteiger partial charge in [0, 0.05) is 10.2 Å². The Morgan fingerprint density at radius 2 is 1.89 bits per heavy atom. The van der Waals surface area contributed by atoms with Crippen molar-refractivity contribution in [2.45, 2.75) is 13.8 Å². The van der Waals surface area contributed by atoms with Gasteiger partial charge in [0.1, 0.15) is 0 Å². The number of carbonyl (C=O) groups is 1. The third kappa shape index (κ3) is 3.17. The van der Waals surface area contributed by atoms with E-state index in [0.717, 1.165) is 21.3 Å². The van der Waals surface area contributed by atoms with Crippen LogP contribution in [0.1, 0.15) is 21.5 Å². The molecular formula is C15H13BrClNO. The quantitative estimate of drug-likeness (QED) is 0.823. The van der Waals surface area contributed by atoms with E-state index in [9.17, 15) is 4.79 Å². The van der Waals surface area contributed by atoms with Crippen molar-refractivity contribution < 1.29 is 4.79 Å². The Kier molecular flexibility index (Phi) is 4.27. The van der Waals surface area contributed by atoms with Crippen molar-refractivity contribution in [1.82, 2.24) is 0 Å². The molecule has 0 bridgehead atoms. The lowest BCUT2D eigenvalue weighted by atomic mass is 10.1. The van der Waals surface area contributed by atoms with Gasteiger partial charge in [-0.05, 0) is 49.2 Å². The number of anilines is 1. The smallest absolute Gasteiger partial charge is 0.257 e. The van der Waals surface area contributed by atoms with Gasteiger partial charge >= 0.3 is 0 Å². The van der Waals surface area contributed by atoms with Gasteiger partial charge in [0.15, 0.2) is 0 Å². The summed E-state index contributed by atoms with van der Waals surface area (Å²) in [6.45, 7) is 3.82. The molecule has 2 aromatic rings. The van der Waals surface area contributed by atoms with Crippen LogP contribution in [0.5, 0.6) is 0 Å². The number of halogens is 2. The topological polar surface area (TPSA) is 29.1 Å². The van der Waals surface area contributed by atoms with Crippen LogP contribution in [0.3, 0.4) is 0 Å². The van der Waals surface area contributed by atoms with Crippen LogP contribution in [0, 0.1) is 13.8 Å².